The van der Waals surface area contributed by atoms with E-state index in [-0.39, 0.29) is 24.3 Å². The van der Waals surface area contributed by atoms with Crippen molar-refractivity contribution in [3.63, 3.8) is 0 Å². The molecule has 1 heterocycles. The van der Waals surface area contributed by atoms with Crippen LogP contribution in [0.25, 0.3) is 5.69 Å². The lowest BCUT2D eigenvalue weighted by molar-refractivity contribution is -0.136. The first-order valence-corrected chi connectivity index (χ1v) is 6.19. The molecule has 0 bridgehead atoms. The molecule has 2 N–H and O–H groups in total. The van der Waals surface area contributed by atoms with Crippen LogP contribution in [-0.2, 0) is 11.2 Å². The second-order valence-electron chi connectivity index (χ2n) is 4.32. The number of ether oxygens (including phenoxy) is 1. The van der Waals surface area contributed by atoms with E-state index < -0.39 is 11.5 Å². The van der Waals surface area contributed by atoms with Crippen molar-refractivity contribution in [3.8, 4) is 17.2 Å². The summed E-state index contributed by atoms with van der Waals surface area (Å²) in [6.07, 6.45) is -0.140. The molecular weight excluding hydrogens is 276 g/mol. The van der Waals surface area contributed by atoms with Crippen LogP contribution in [0.15, 0.2) is 35.1 Å². The Morgan fingerprint density at radius 2 is 2.00 bits per heavy atom. The standard InChI is InChI=1S/C14H14N2O5/c1-21-10-4-2-9(3-5-10)16-13(18)8-12(17)11(15-16)6-7-14(19)20/h2-5,8,17H,6-7H2,1H3,(H,19,20). The number of benzene rings is 1. The van der Waals surface area contributed by atoms with Crippen molar-refractivity contribution in [2.75, 3.05) is 7.11 Å². The number of hydrogen-bond donors (Lipinski definition) is 2. The average Bonchev–Trinajstić information content (AvgIpc) is 2.46. The third-order valence-corrected chi connectivity index (χ3v) is 2.88. The molecule has 2 aromatic rings. The molecule has 7 nitrogen and oxygen atoms in total. The van der Waals surface area contributed by atoms with E-state index in [0.29, 0.717) is 11.4 Å². The fraction of sp³-hybridized carbons (Fsp3) is 0.214. The number of methoxy groups -OCH3 is 1. The number of carbonyl (C=O) groups is 1. The van der Waals surface area contributed by atoms with Crippen molar-refractivity contribution < 1.29 is 19.7 Å². The summed E-state index contributed by atoms with van der Waals surface area (Å²) in [5.74, 6) is -0.666. The van der Waals surface area contributed by atoms with Crippen LogP contribution in [0.3, 0.4) is 0 Å². The first-order valence-electron chi connectivity index (χ1n) is 6.19. The third kappa shape index (κ3) is 3.38. The number of rotatable bonds is 5. The van der Waals surface area contributed by atoms with E-state index >= 15 is 0 Å². The molecule has 7 heteroatoms. The van der Waals surface area contributed by atoms with E-state index in [1.54, 1.807) is 24.3 Å². The smallest absolute Gasteiger partial charge is 0.303 e. The van der Waals surface area contributed by atoms with E-state index in [0.717, 1.165) is 10.7 Å². The molecule has 0 saturated heterocycles. The van der Waals surface area contributed by atoms with Crippen LogP contribution >= 0.6 is 0 Å². The van der Waals surface area contributed by atoms with Gasteiger partial charge in [0, 0.05) is 12.5 Å². The molecule has 0 unspecified atom stereocenters. The van der Waals surface area contributed by atoms with Gasteiger partial charge in [-0.05, 0) is 24.3 Å². The van der Waals surface area contributed by atoms with Gasteiger partial charge in [0.2, 0.25) is 0 Å². The Morgan fingerprint density at radius 3 is 2.57 bits per heavy atom. The molecule has 2 rings (SSSR count). The molecule has 0 fully saturated rings. The zero-order chi connectivity index (χ0) is 15.4. The van der Waals surface area contributed by atoms with Gasteiger partial charge >= 0.3 is 5.97 Å². The Hall–Kier alpha value is -2.83. The predicted octanol–water partition coefficient (Wildman–Crippen LogP) is 0.964. The second kappa shape index (κ2) is 6.08. The van der Waals surface area contributed by atoms with Gasteiger partial charge in [0.05, 0.1) is 19.2 Å². The molecule has 21 heavy (non-hydrogen) atoms. The number of aromatic hydroxyl groups is 1. The van der Waals surface area contributed by atoms with Crippen LogP contribution in [-0.4, -0.2) is 33.1 Å². The monoisotopic (exact) mass is 290 g/mol. The van der Waals surface area contributed by atoms with E-state index in [2.05, 4.69) is 5.10 Å². The minimum absolute atomic E-state index is 0.0393. The fourth-order valence-electron chi connectivity index (χ4n) is 1.79. The zero-order valence-corrected chi connectivity index (χ0v) is 11.3. The highest BCUT2D eigenvalue weighted by molar-refractivity contribution is 5.67. The Morgan fingerprint density at radius 1 is 1.33 bits per heavy atom. The topological polar surface area (TPSA) is 102 Å². The first kappa shape index (κ1) is 14.6. The normalized spacial score (nSPS) is 10.3. The summed E-state index contributed by atoms with van der Waals surface area (Å²) in [6, 6.07) is 7.66. The summed E-state index contributed by atoms with van der Waals surface area (Å²) < 4.78 is 6.14. The van der Waals surface area contributed by atoms with Crippen molar-refractivity contribution in [3.05, 3.63) is 46.4 Å². The minimum Gasteiger partial charge on any atom is -0.506 e. The van der Waals surface area contributed by atoms with Crippen molar-refractivity contribution in [2.24, 2.45) is 0 Å². The van der Waals surface area contributed by atoms with Crippen LogP contribution in [0.1, 0.15) is 12.1 Å². The molecule has 0 amide bonds. The van der Waals surface area contributed by atoms with E-state index in [1.165, 1.54) is 7.11 Å². The van der Waals surface area contributed by atoms with Gasteiger partial charge in [0.15, 0.2) is 0 Å². The van der Waals surface area contributed by atoms with Gasteiger partial charge in [0.25, 0.3) is 5.56 Å². The lowest BCUT2D eigenvalue weighted by atomic mass is 10.2. The molecule has 0 spiro atoms. The summed E-state index contributed by atoms with van der Waals surface area (Å²) in [7, 11) is 1.53. The van der Waals surface area contributed by atoms with Gasteiger partial charge in [-0.25, -0.2) is 0 Å². The molecule has 0 saturated carbocycles. The number of aromatic nitrogens is 2. The van der Waals surface area contributed by atoms with Crippen LogP contribution in [0.5, 0.6) is 11.5 Å². The van der Waals surface area contributed by atoms with Gasteiger partial charge in [-0.3, -0.25) is 9.59 Å². The molecule has 0 aliphatic heterocycles. The molecular formula is C14H14N2O5. The highest BCUT2D eigenvalue weighted by Crippen LogP contribution is 2.16. The van der Waals surface area contributed by atoms with Crippen LogP contribution in [0.4, 0.5) is 0 Å². The molecule has 0 atom stereocenters. The summed E-state index contributed by atoms with van der Waals surface area (Å²) >= 11 is 0. The van der Waals surface area contributed by atoms with Gasteiger partial charge in [0.1, 0.15) is 17.2 Å². The third-order valence-electron chi connectivity index (χ3n) is 2.88. The maximum absolute atomic E-state index is 11.9. The van der Waals surface area contributed by atoms with Crippen molar-refractivity contribution >= 4 is 5.97 Å². The number of aryl methyl sites for hydroxylation is 1. The molecule has 110 valence electrons. The van der Waals surface area contributed by atoms with Crippen molar-refractivity contribution in [1.82, 2.24) is 9.78 Å². The first-order chi connectivity index (χ1) is 10.0. The highest BCUT2D eigenvalue weighted by atomic mass is 16.5. The largest absolute Gasteiger partial charge is 0.506 e. The Bertz CT molecular complexity index is 706. The van der Waals surface area contributed by atoms with Gasteiger partial charge in [-0.1, -0.05) is 0 Å². The maximum Gasteiger partial charge on any atom is 0.303 e. The summed E-state index contributed by atoms with van der Waals surface area (Å²) in [5, 5.41) is 22.4. The number of carboxylic acid groups (broad SMARTS) is 1. The number of hydrogen-bond acceptors (Lipinski definition) is 5. The summed E-state index contributed by atoms with van der Waals surface area (Å²) in [4.78, 5) is 22.5. The Kier molecular flexibility index (Phi) is 4.22. The van der Waals surface area contributed by atoms with Gasteiger partial charge < -0.3 is 14.9 Å². The molecule has 0 aliphatic carbocycles. The second-order valence-corrected chi connectivity index (χ2v) is 4.32. The predicted molar refractivity (Wildman–Crippen MR) is 74.0 cm³/mol. The minimum atomic E-state index is -1.00. The van der Waals surface area contributed by atoms with Gasteiger partial charge in [-0.15, -0.1) is 0 Å². The number of nitrogens with zero attached hydrogens (tertiary/aromatic N) is 2. The Labute approximate surface area is 120 Å². The lowest BCUT2D eigenvalue weighted by Gasteiger charge is -2.09. The average molecular weight is 290 g/mol. The number of carboxylic acids is 1. The van der Waals surface area contributed by atoms with Crippen molar-refractivity contribution in [2.45, 2.75) is 12.8 Å². The summed E-state index contributed by atoms with van der Waals surface area (Å²) in [6.45, 7) is 0. The van der Waals surface area contributed by atoms with Crippen LogP contribution in [0, 0.1) is 0 Å². The van der Waals surface area contributed by atoms with Gasteiger partial charge in [-0.2, -0.15) is 9.78 Å². The zero-order valence-electron chi connectivity index (χ0n) is 11.3. The van der Waals surface area contributed by atoms with Crippen molar-refractivity contribution in [1.29, 1.82) is 0 Å². The molecule has 0 radical (unpaired) electrons. The number of aliphatic carboxylic acids is 1. The van der Waals surface area contributed by atoms with E-state index in [4.69, 9.17) is 9.84 Å². The SMILES string of the molecule is COc1ccc(-n2nc(CCC(=O)O)c(O)cc2=O)cc1. The van der Waals surface area contributed by atoms with E-state index in [1.807, 2.05) is 0 Å². The Balaban J connectivity index is 2.40. The van der Waals surface area contributed by atoms with E-state index in [9.17, 15) is 14.7 Å². The van der Waals surface area contributed by atoms with Crippen LogP contribution < -0.4 is 10.3 Å². The molecule has 1 aromatic heterocycles. The molecule has 1 aromatic carbocycles. The maximum atomic E-state index is 11.9. The lowest BCUT2D eigenvalue weighted by Crippen LogP contribution is -2.21. The summed E-state index contributed by atoms with van der Waals surface area (Å²) in [5.41, 5.74) is 0.155. The molecule has 0 aliphatic rings. The highest BCUT2D eigenvalue weighted by Gasteiger charge is 2.11. The quantitative estimate of drug-likeness (QED) is 0.850. The fourth-order valence-corrected chi connectivity index (χ4v) is 1.79. The van der Waals surface area contributed by atoms with Crippen LogP contribution in [0.2, 0.25) is 0 Å².